The summed E-state index contributed by atoms with van der Waals surface area (Å²) in [7, 11) is 2.00. The minimum Gasteiger partial charge on any atom is -0.372 e. The number of carbonyl (C=O) groups is 1. The summed E-state index contributed by atoms with van der Waals surface area (Å²) in [5.41, 5.74) is 4.62. The van der Waals surface area contributed by atoms with Crippen LogP contribution >= 0.6 is 0 Å². The highest BCUT2D eigenvalue weighted by molar-refractivity contribution is 5.94. The van der Waals surface area contributed by atoms with Crippen LogP contribution in [0.1, 0.15) is 37.3 Å². The van der Waals surface area contributed by atoms with Crippen LogP contribution < -0.4 is 10.2 Å². The Hall–Kier alpha value is -2.33. The number of aryl methyl sites for hydroxylation is 1. The number of nitrogens with zero attached hydrogens (tertiary/aromatic N) is 2. The third-order valence-corrected chi connectivity index (χ3v) is 5.58. The van der Waals surface area contributed by atoms with Crippen molar-refractivity contribution in [1.29, 1.82) is 0 Å². The Balaban J connectivity index is 1.56. The first kappa shape index (κ1) is 19.4. The molecule has 2 aromatic carbocycles. The minimum atomic E-state index is -0.202. The van der Waals surface area contributed by atoms with Crippen LogP contribution in [0.25, 0.3) is 0 Å². The van der Waals surface area contributed by atoms with Crippen molar-refractivity contribution in [2.24, 2.45) is 0 Å². The lowest BCUT2D eigenvalue weighted by molar-refractivity contribution is -0.120. The van der Waals surface area contributed by atoms with E-state index in [1.54, 1.807) is 0 Å². The van der Waals surface area contributed by atoms with Crippen molar-refractivity contribution in [2.75, 3.05) is 30.4 Å². The zero-order valence-corrected chi connectivity index (χ0v) is 16.7. The number of amides is 1. The average molecular weight is 366 g/mol. The van der Waals surface area contributed by atoms with E-state index in [1.807, 2.05) is 38.2 Å². The van der Waals surface area contributed by atoms with Crippen LogP contribution in [-0.4, -0.2) is 37.0 Å². The fourth-order valence-electron chi connectivity index (χ4n) is 3.55. The van der Waals surface area contributed by atoms with Crippen LogP contribution in [-0.2, 0) is 11.3 Å². The minimum absolute atomic E-state index is 0.0248. The number of nitrogens with one attached hydrogen (secondary N) is 1. The van der Waals surface area contributed by atoms with Crippen molar-refractivity contribution >= 4 is 17.3 Å². The van der Waals surface area contributed by atoms with Crippen molar-refractivity contribution in [1.82, 2.24) is 4.90 Å². The summed E-state index contributed by atoms with van der Waals surface area (Å²) in [5.74, 6) is 0.0248. The highest BCUT2D eigenvalue weighted by Gasteiger charge is 2.19. The molecule has 0 bridgehead atoms. The summed E-state index contributed by atoms with van der Waals surface area (Å²) < 4.78 is 0. The summed E-state index contributed by atoms with van der Waals surface area (Å²) in [6, 6.07) is 16.4. The van der Waals surface area contributed by atoms with E-state index >= 15 is 0 Å². The lowest BCUT2D eigenvalue weighted by atomic mass is 10.1. The molecule has 1 atom stereocenters. The predicted octanol–water partition coefficient (Wildman–Crippen LogP) is 4.44. The van der Waals surface area contributed by atoms with Crippen molar-refractivity contribution in [3.63, 3.8) is 0 Å². The molecule has 0 aromatic heterocycles. The first-order valence-corrected chi connectivity index (χ1v) is 9.95. The zero-order valence-electron chi connectivity index (χ0n) is 16.7. The van der Waals surface area contributed by atoms with Crippen molar-refractivity contribution in [2.45, 2.75) is 45.7 Å². The van der Waals surface area contributed by atoms with Crippen LogP contribution in [0.2, 0.25) is 0 Å². The molecule has 0 aliphatic carbocycles. The number of carbonyl (C=O) groups excluding carboxylic acids is 1. The largest absolute Gasteiger partial charge is 0.372 e. The summed E-state index contributed by atoms with van der Waals surface area (Å²) in [5, 5.41) is 3.05. The summed E-state index contributed by atoms with van der Waals surface area (Å²) in [6.45, 7) is 7.08. The van der Waals surface area contributed by atoms with Gasteiger partial charge in [0.05, 0.1) is 6.04 Å². The number of hydrogen-bond donors (Lipinski definition) is 1. The van der Waals surface area contributed by atoms with Gasteiger partial charge in [0.2, 0.25) is 5.91 Å². The number of hydrogen-bond acceptors (Lipinski definition) is 3. The Bertz CT molecular complexity index is 750. The molecule has 0 unspecified atom stereocenters. The second-order valence-corrected chi connectivity index (χ2v) is 7.60. The van der Waals surface area contributed by atoms with E-state index in [1.165, 1.54) is 36.1 Å². The Kier molecular flexibility index (Phi) is 6.51. The second-order valence-electron chi connectivity index (χ2n) is 7.60. The van der Waals surface area contributed by atoms with Gasteiger partial charge in [-0.3, -0.25) is 9.69 Å². The number of likely N-dealkylation sites (N-methyl/N-ethyl adjacent to an activating group) is 1. The third kappa shape index (κ3) is 5.10. The molecule has 4 nitrogen and oxygen atoms in total. The van der Waals surface area contributed by atoms with Gasteiger partial charge in [-0.2, -0.15) is 0 Å². The SMILES string of the molecule is Cc1ccccc1CN(C)[C@@H](C)C(=O)Nc1ccc(N2CCCCC2)cc1. The topological polar surface area (TPSA) is 35.6 Å². The van der Waals surface area contributed by atoms with Crippen LogP contribution in [0.4, 0.5) is 11.4 Å². The van der Waals surface area contributed by atoms with E-state index in [2.05, 4.69) is 46.3 Å². The van der Waals surface area contributed by atoms with Crippen LogP contribution in [0.3, 0.4) is 0 Å². The van der Waals surface area contributed by atoms with Gasteiger partial charge in [-0.05, 0) is 75.5 Å². The smallest absolute Gasteiger partial charge is 0.241 e. The van der Waals surface area contributed by atoms with E-state index in [0.29, 0.717) is 0 Å². The van der Waals surface area contributed by atoms with E-state index in [0.717, 1.165) is 25.3 Å². The number of benzene rings is 2. The number of piperidine rings is 1. The van der Waals surface area contributed by atoms with Gasteiger partial charge in [-0.1, -0.05) is 24.3 Å². The fraction of sp³-hybridized carbons (Fsp3) is 0.435. The Morgan fingerprint density at radius 1 is 1.07 bits per heavy atom. The second kappa shape index (κ2) is 9.05. The van der Waals surface area contributed by atoms with Gasteiger partial charge in [0, 0.05) is 31.0 Å². The summed E-state index contributed by atoms with van der Waals surface area (Å²) in [6.07, 6.45) is 3.87. The predicted molar refractivity (Wildman–Crippen MR) is 113 cm³/mol. The van der Waals surface area contributed by atoms with Crippen LogP contribution in [0.5, 0.6) is 0 Å². The van der Waals surface area contributed by atoms with Crippen molar-refractivity contribution in [3.8, 4) is 0 Å². The summed E-state index contributed by atoms with van der Waals surface area (Å²) >= 11 is 0. The monoisotopic (exact) mass is 365 g/mol. The first-order chi connectivity index (χ1) is 13.0. The molecule has 1 amide bonds. The molecule has 1 N–H and O–H groups in total. The zero-order chi connectivity index (χ0) is 19.2. The molecule has 1 heterocycles. The molecule has 1 aliphatic rings. The summed E-state index contributed by atoms with van der Waals surface area (Å²) in [4.78, 5) is 17.2. The highest BCUT2D eigenvalue weighted by Crippen LogP contribution is 2.22. The lowest BCUT2D eigenvalue weighted by Gasteiger charge is -2.29. The molecule has 27 heavy (non-hydrogen) atoms. The van der Waals surface area contributed by atoms with E-state index < -0.39 is 0 Å². The van der Waals surface area contributed by atoms with Crippen molar-refractivity contribution in [3.05, 3.63) is 59.7 Å². The Morgan fingerprint density at radius 2 is 1.74 bits per heavy atom. The molecule has 1 fully saturated rings. The number of rotatable bonds is 6. The van der Waals surface area contributed by atoms with Gasteiger partial charge in [-0.15, -0.1) is 0 Å². The Morgan fingerprint density at radius 3 is 2.41 bits per heavy atom. The molecule has 2 aromatic rings. The quantitative estimate of drug-likeness (QED) is 0.822. The molecule has 1 aliphatic heterocycles. The normalized spacial score (nSPS) is 15.6. The maximum atomic E-state index is 12.7. The van der Waals surface area contributed by atoms with Gasteiger partial charge < -0.3 is 10.2 Å². The van der Waals surface area contributed by atoms with E-state index in [-0.39, 0.29) is 11.9 Å². The van der Waals surface area contributed by atoms with Crippen LogP contribution in [0, 0.1) is 6.92 Å². The van der Waals surface area contributed by atoms with Crippen LogP contribution in [0.15, 0.2) is 48.5 Å². The third-order valence-electron chi connectivity index (χ3n) is 5.58. The maximum absolute atomic E-state index is 12.7. The molecular formula is C23H31N3O. The molecule has 0 saturated carbocycles. The standard InChI is InChI=1S/C23H31N3O/c1-18-9-5-6-10-20(18)17-25(3)19(2)23(27)24-21-11-13-22(14-12-21)26-15-7-4-8-16-26/h5-6,9-14,19H,4,7-8,15-17H2,1-3H3,(H,24,27)/t19-/m0/s1. The Labute approximate surface area is 163 Å². The van der Waals surface area contributed by atoms with E-state index in [9.17, 15) is 4.79 Å². The molecular weight excluding hydrogens is 334 g/mol. The highest BCUT2D eigenvalue weighted by atomic mass is 16.2. The lowest BCUT2D eigenvalue weighted by Crippen LogP contribution is -2.39. The molecule has 4 heteroatoms. The van der Waals surface area contributed by atoms with Gasteiger partial charge in [-0.25, -0.2) is 0 Å². The van der Waals surface area contributed by atoms with E-state index in [4.69, 9.17) is 0 Å². The fourth-order valence-corrected chi connectivity index (χ4v) is 3.55. The number of anilines is 2. The first-order valence-electron chi connectivity index (χ1n) is 9.95. The molecule has 144 valence electrons. The van der Waals surface area contributed by atoms with Gasteiger partial charge >= 0.3 is 0 Å². The average Bonchev–Trinajstić information content (AvgIpc) is 2.70. The molecule has 0 radical (unpaired) electrons. The van der Waals surface area contributed by atoms with Gasteiger partial charge in [0.15, 0.2) is 0 Å². The van der Waals surface area contributed by atoms with Gasteiger partial charge in [0.1, 0.15) is 0 Å². The molecule has 1 saturated heterocycles. The molecule has 3 rings (SSSR count). The van der Waals surface area contributed by atoms with Crippen molar-refractivity contribution < 1.29 is 4.79 Å². The molecule has 0 spiro atoms. The van der Waals surface area contributed by atoms with Gasteiger partial charge in [0.25, 0.3) is 0 Å². The maximum Gasteiger partial charge on any atom is 0.241 e.